The Labute approximate surface area is 105 Å². The summed E-state index contributed by atoms with van der Waals surface area (Å²) in [5.74, 6) is -0.122. The van der Waals surface area contributed by atoms with Gasteiger partial charge in [-0.1, -0.05) is 12.1 Å². The summed E-state index contributed by atoms with van der Waals surface area (Å²) in [7, 11) is 0. The van der Waals surface area contributed by atoms with Crippen molar-refractivity contribution in [2.24, 2.45) is 0 Å². The van der Waals surface area contributed by atoms with Gasteiger partial charge in [0, 0.05) is 10.9 Å². The van der Waals surface area contributed by atoms with Crippen LogP contribution in [0.1, 0.15) is 18.4 Å². The molecule has 1 aliphatic rings. The second-order valence-electron chi connectivity index (χ2n) is 4.34. The van der Waals surface area contributed by atoms with Crippen LogP contribution in [0.2, 0.25) is 0 Å². The molecule has 2 rings (SSSR count). The maximum Gasteiger partial charge on any atom is 0.247 e. The van der Waals surface area contributed by atoms with Crippen LogP contribution in [0.5, 0.6) is 0 Å². The summed E-state index contributed by atoms with van der Waals surface area (Å²) in [6, 6.07) is 8.57. The molecule has 0 bridgehead atoms. The summed E-state index contributed by atoms with van der Waals surface area (Å²) in [6.45, 7) is 1.12. The molecular weight excluding hydrogens is 240 g/mol. The van der Waals surface area contributed by atoms with E-state index < -0.39 is 6.43 Å². The van der Waals surface area contributed by atoms with Crippen molar-refractivity contribution < 1.29 is 8.78 Å². The third kappa shape index (κ3) is 4.28. The van der Waals surface area contributed by atoms with E-state index in [9.17, 15) is 8.78 Å². The van der Waals surface area contributed by atoms with Crippen molar-refractivity contribution in [2.45, 2.75) is 36.6 Å². The summed E-state index contributed by atoms with van der Waals surface area (Å²) < 4.78 is 24.1. The van der Waals surface area contributed by atoms with Gasteiger partial charge in [-0.2, -0.15) is 0 Å². The fourth-order valence-electron chi connectivity index (χ4n) is 2.10. The first-order valence-corrected chi connectivity index (χ1v) is 6.96. The molecule has 0 radical (unpaired) electrons. The normalized spacial score (nSPS) is 20.1. The molecule has 4 heteroatoms. The van der Waals surface area contributed by atoms with E-state index in [4.69, 9.17) is 0 Å². The Bertz CT molecular complexity index is 334. The molecule has 0 aliphatic carbocycles. The highest BCUT2D eigenvalue weighted by Crippen LogP contribution is 2.21. The maximum absolute atomic E-state index is 12.0. The largest absolute Gasteiger partial charge is 0.314 e. The van der Waals surface area contributed by atoms with E-state index in [-0.39, 0.29) is 5.75 Å². The lowest BCUT2D eigenvalue weighted by Crippen LogP contribution is -2.23. The number of halogens is 2. The van der Waals surface area contributed by atoms with Gasteiger partial charge in [0.25, 0.3) is 0 Å². The fourth-order valence-corrected chi connectivity index (χ4v) is 2.74. The van der Waals surface area contributed by atoms with Gasteiger partial charge >= 0.3 is 0 Å². The Morgan fingerprint density at radius 1 is 1.29 bits per heavy atom. The van der Waals surface area contributed by atoms with Crippen LogP contribution in [0.15, 0.2) is 29.2 Å². The van der Waals surface area contributed by atoms with Crippen molar-refractivity contribution in [3.8, 4) is 0 Å². The molecule has 1 saturated heterocycles. The van der Waals surface area contributed by atoms with E-state index in [1.807, 2.05) is 24.3 Å². The van der Waals surface area contributed by atoms with Crippen LogP contribution in [0.25, 0.3) is 0 Å². The summed E-state index contributed by atoms with van der Waals surface area (Å²) in [5.41, 5.74) is 1.28. The minimum atomic E-state index is -2.23. The Morgan fingerprint density at radius 3 is 2.65 bits per heavy atom. The first-order chi connectivity index (χ1) is 8.24. The molecule has 1 aliphatic heterocycles. The topological polar surface area (TPSA) is 12.0 Å². The second kappa shape index (κ2) is 6.36. The Balaban J connectivity index is 1.84. The second-order valence-corrected chi connectivity index (χ2v) is 5.44. The van der Waals surface area contributed by atoms with E-state index in [0.29, 0.717) is 6.04 Å². The van der Waals surface area contributed by atoms with Gasteiger partial charge < -0.3 is 5.32 Å². The average Bonchev–Trinajstić information content (AvgIpc) is 2.81. The minimum Gasteiger partial charge on any atom is -0.314 e. The van der Waals surface area contributed by atoms with Crippen molar-refractivity contribution >= 4 is 11.8 Å². The zero-order chi connectivity index (χ0) is 12.1. The zero-order valence-corrected chi connectivity index (χ0v) is 10.5. The number of hydrogen-bond acceptors (Lipinski definition) is 2. The van der Waals surface area contributed by atoms with Gasteiger partial charge in [-0.25, -0.2) is 8.78 Å². The van der Waals surface area contributed by atoms with Crippen molar-refractivity contribution in [1.29, 1.82) is 0 Å². The van der Waals surface area contributed by atoms with Crippen LogP contribution in [0.3, 0.4) is 0 Å². The van der Waals surface area contributed by atoms with E-state index in [1.54, 1.807) is 0 Å². The molecule has 1 unspecified atom stereocenters. The monoisotopic (exact) mass is 257 g/mol. The fraction of sp³-hybridized carbons (Fsp3) is 0.538. The number of benzene rings is 1. The third-order valence-corrected chi connectivity index (χ3v) is 3.97. The molecule has 94 valence electrons. The zero-order valence-electron chi connectivity index (χ0n) is 9.66. The molecule has 1 fully saturated rings. The minimum absolute atomic E-state index is 0.122. The molecular formula is C13H17F2NS. The Kier molecular flexibility index (Phi) is 4.80. The van der Waals surface area contributed by atoms with E-state index >= 15 is 0 Å². The van der Waals surface area contributed by atoms with E-state index in [0.717, 1.165) is 17.9 Å². The Hall–Kier alpha value is -0.610. The van der Waals surface area contributed by atoms with Gasteiger partial charge in [-0.3, -0.25) is 0 Å². The molecule has 0 aromatic heterocycles. The summed E-state index contributed by atoms with van der Waals surface area (Å²) in [4.78, 5) is 0.924. The summed E-state index contributed by atoms with van der Waals surface area (Å²) >= 11 is 1.21. The predicted octanol–water partition coefficient (Wildman–Crippen LogP) is 3.34. The maximum atomic E-state index is 12.0. The van der Waals surface area contributed by atoms with Crippen LogP contribution in [0, 0.1) is 0 Å². The van der Waals surface area contributed by atoms with E-state index in [2.05, 4.69) is 5.32 Å². The van der Waals surface area contributed by atoms with Crippen molar-refractivity contribution in [3.63, 3.8) is 0 Å². The lowest BCUT2D eigenvalue weighted by molar-refractivity contribution is 0.177. The molecule has 1 N–H and O–H groups in total. The number of hydrogen-bond donors (Lipinski definition) is 1. The molecule has 1 aromatic carbocycles. The molecule has 0 spiro atoms. The quantitative estimate of drug-likeness (QED) is 0.812. The summed E-state index contributed by atoms with van der Waals surface area (Å²) in [5, 5.41) is 3.46. The van der Waals surface area contributed by atoms with Crippen LogP contribution >= 0.6 is 11.8 Å². The third-order valence-electron chi connectivity index (χ3n) is 2.94. The molecule has 1 atom stereocenters. The highest BCUT2D eigenvalue weighted by molar-refractivity contribution is 7.99. The number of thioether (sulfide) groups is 1. The first kappa shape index (κ1) is 12.8. The van der Waals surface area contributed by atoms with Crippen LogP contribution in [-0.2, 0) is 6.42 Å². The number of rotatable bonds is 5. The lowest BCUT2D eigenvalue weighted by atomic mass is 10.1. The predicted molar refractivity (Wildman–Crippen MR) is 67.9 cm³/mol. The van der Waals surface area contributed by atoms with Crippen molar-refractivity contribution in [1.82, 2.24) is 5.32 Å². The van der Waals surface area contributed by atoms with Gasteiger partial charge in [0.1, 0.15) is 0 Å². The average molecular weight is 257 g/mol. The number of nitrogens with one attached hydrogen (secondary N) is 1. The van der Waals surface area contributed by atoms with Gasteiger partial charge in [0.2, 0.25) is 6.43 Å². The molecule has 1 heterocycles. The molecule has 0 amide bonds. The van der Waals surface area contributed by atoms with Crippen LogP contribution in [-0.4, -0.2) is 24.8 Å². The SMILES string of the molecule is FC(F)CSc1ccc(CC2CCCN2)cc1. The van der Waals surface area contributed by atoms with Crippen molar-refractivity contribution in [3.05, 3.63) is 29.8 Å². The molecule has 1 nitrogen and oxygen atoms in total. The van der Waals surface area contributed by atoms with Crippen LogP contribution < -0.4 is 5.32 Å². The van der Waals surface area contributed by atoms with Crippen LogP contribution in [0.4, 0.5) is 8.78 Å². The first-order valence-electron chi connectivity index (χ1n) is 5.97. The standard InChI is InChI=1S/C13H17F2NS/c14-13(15)9-17-12-5-3-10(4-6-12)8-11-2-1-7-16-11/h3-6,11,13,16H,1-2,7-9H2. The highest BCUT2D eigenvalue weighted by Gasteiger charge is 2.14. The van der Waals surface area contributed by atoms with Gasteiger partial charge in [0.05, 0.1) is 5.75 Å². The smallest absolute Gasteiger partial charge is 0.247 e. The molecule has 1 aromatic rings. The van der Waals surface area contributed by atoms with Gasteiger partial charge in [-0.15, -0.1) is 11.8 Å². The molecule has 0 saturated carbocycles. The van der Waals surface area contributed by atoms with E-state index in [1.165, 1.54) is 30.2 Å². The summed E-state index contributed by atoms with van der Waals surface area (Å²) in [6.07, 6.45) is 1.30. The lowest BCUT2D eigenvalue weighted by Gasteiger charge is -2.10. The number of alkyl halides is 2. The highest BCUT2D eigenvalue weighted by atomic mass is 32.2. The molecule has 17 heavy (non-hydrogen) atoms. The van der Waals surface area contributed by atoms with Gasteiger partial charge in [0.15, 0.2) is 0 Å². The van der Waals surface area contributed by atoms with Gasteiger partial charge in [-0.05, 0) is 43.5 Å². The van der Waals surface area contributed by atoms with Crippen molar-refractivity contribution in [2.75, 3.05) is 12.3 Å². The Morgan fingerprint density at radius 2 is 2.06 bits per heavy atom.